The zero-order chi connectivity index (χ0) is 14.0. The molecule has 1 aromatic heterocycles. The van der Waals surface area contributed by atoms with Gasteiger partial charge in [-0.25, -0.2) is 24.2 Å². The first kappa shape index (κ1) is 14.8. The molecule has 1 saturated heterocycles. The number of nitrogen functional groups attached to an aromatic ring is 1. The highest BCUT2D eigenvalue weighted by molar-refractivity contribution is 9.10. The molecule has 1 aliphatic rings. The molecule has 2 heterocycles. The van der Waals surface area contributed by atoms with Crippen molar-refractivity contribution in [3.8, 4) is 0 Å². The summed E-state index contributed by atoms with van der Waals surface area (Å²) in [5.74, 6) is 7.71. The van der Waals surface area contributed by atoms with Gasteiger partial charge in [0.15, 0.2) is 15.7 Å². The summed E-state index contributed by atoms with van der Waals surface area (Å²) in [4.78, 5) is 9.91. The highest BCUT2D eigenvalue weighted by Gasteiger charge is 2.33. The molecule has 0 bridgehead atoms. The molecule has 0 aliphatic carbocycles. The standard InChI is InChI=1S/C9H14BrN5O2S2/c1-19(16,17)6-4-18-3-2-15(6)9-7(10)8(14-11)12-5-13-9/h5-6H,2-4,11H2,1H3,(H,12,13,14). The molecule has 0 radical (unpaired) electrons. The Morgan fingerprint density at radius 1 is 1.58 bits per heavy atom. The normalized spacial score (nSPS) is 20.4. The van der Waals surface area contributed by atoms with Crippen LogP contribution in [0.5, 0.6) is 0 Å². The van der Waals surface area contributed by atoms with Crippen molar-refractivity contribution in [1.29, 1.82) is 0 Å². The molecule has 0 saturated carbocycles. The number of thioether (sulfide) groups is 1. The Labute approximate surface area is 124 Å². The Bertz CT molecular complexity index is 568. The fraction of sp³-hybridized carbons (Fsp3) is 0.556. The predicted molar refractivity (Wildman–Crippen MR) is 80.8 cm³/mol. The molecule has 106 valence electrons. The number of hydrazine groups is 1. The van der Waals surface area contributed by atoms with Gasteiger partial charge in [0.1, 0.15) is 22.0 Å². The van der Waals surface area contributed by atoms with Crippen LogP contribution >= 0.6 is 27.7 Å². The van der Waals surface area contributed by atoms with E-state index in [2.05, 4.69) is 31.3 Å². The zero-order valence-electron chi connectivity index (χ0n) is 10.2. The van der Waals surface area contributed by atoms with Crippen LogP contribution in [0.15, 0.2) is 10.8 Å². The average Bonchev–Trinajstić information content (AvgIpc) is 2.38. The van der Waals surface area contributed by atoms with Crippen LogP contribution < -0.4 is 16.2 Å². The van der Waals surface area contributed by atoms with Gasteiger partial charge in [-0.2, -0.15) is 11.8 Å². The third-order valence-electron chi connectivity index (χ3n) is 2.76. The SMILES string of the molecule is CS(=O)(=O)C1CSCCN1c1ncnc(NN)c1Br. The molecule has 0 aromatic carbocycles. The molecule has 1 aromatic rings. The Morgan fingerprint density at radius 3 is 2.95 bits per heavy atom. The van der Waals surface area contributed by atoms with E-state index in [9.17, 15) is 8.42 Å². The van der Waals surface area contributed by atoms with Crippen LogP contribution in [0.1, 0.15) is 0 Å². The zero-order valence-corrected chi connectivity index (χ0v) is 13.4. The number of halogens is 1. The molecule has 1 aliphatic heterocycles. The smallest absolute Gasteiger partial charge is 0.169 e. The Balaban J connectivity index is 2.44. The van der Waals surface area contributed by atoms with Gasteiger partial charge in [-0.1, -0.05) is 0 Å². The summed E-state index contributed by atoms with van der Waals surface area (Å²) in [6.07, 6.45) is 2.60. The van der Waals surface area contributed by atoms with Crippen molar-refractivity contribution in [3.63, 3.8) is 0 Å². The first-order chi connectivity index (χ1) is 8.95. The molecule has 19 heavy (non-hydrogen) atoms. The van der Waals surface area contributed by atoms with Gasteiger partial charge >= 0.3 is 0 Å². The van der Waals surface area contributed by atoms with Gasteiger partial charge in [0.25, 0.3) is 0 Å². The fourth-order valence-corrected chi connectivity index (χ4v) is 5.21. The number of aromatic nitrogens is 2. The van der Waals surface area contributed by atoms with E-state index >= 15 is 0 Å². The third-order valence-corrected chi connectivity index (χ3v) is 6.13. The maximum atomic E-state index is 11.9. The second-order valence-corrected chi connectivity index (χ2v) is 8.20. The van der Waals surface area contributed by atoms with Crippen LogP contribution in [0, 0.1) is 0 Å². The van der Waals surface area contributed by atoms with Gasteiger partial charge in [0.05, 0.1) is 0 Å². The van der Waals surface area contributed by atoms with Crippen molar-refractivity contribution in [2.24, 2.45) is 5.84 Å². The van der Waals surface area contributed by atoms with Gasteiger partial charge in [0.2, 0.25) is 0 Å². The van der Waals surface area contributed by atoms with Gasteiger partial charge in [-0.3, -0.25) is 0 Å². The van der Waals surface area contributed by atoms with Crippen LogP contribution in [-0.2, 0) is 9.84 Å². The van der Waals surface area contributed by atoms with E-state index in [-0.39, 0.29) is 0 Å². The summed E-state index contributed by atoms with van der Waals surface area (Å²) in [6, 6.07) is 0. The first-order valence-corrected chi connectivity index (χ1v) is 9.35. The lowest BCUT2D eigenvalue weighted by atomic mass is 10.4. The van der Waals surface area contributed by atoms with E-state index in [1.54, 1.807) is 16.7 Å². The van der Waals surface area contributed by atoms with E-state index in [1.807, 2.05) is 0 Å². The van der Waals surface area contributed by atoms with Crippen LogP contribution in [0.3, 0.4) is 0 Å². The molecule has 10 heteroatoms. The molecule has 0 amide bonds. The highest BCUT2D eigenvalue weighted by Crippen LogP contribution is 2.33. The second-order valence-electron chi connectivity index (χ2n) is 4.06. The van der Waals surface area contributed by atoms with Crippen molar-refractivity contribution < 1.29 is 8.42 Å². The topological polar surface area (TPSA) is 101 Å². The molecule has 1 fully saturated rings. The number of hydrogen-bond donors (Lipinski definition) is 2. The molecule has 3 N–H and O–H groups in total. The Kier molecular flexibility index (Phi) is 4.54. The largest absolute Gasteiger partial charge is 0.337 e. The Hall–Kier alpha value is -0.580. The minimum atomic E-state index is -3.19. The van der Waals surface area contributed by atoms with Crippen LogP contribution in [0.2, 0.25) is 0 Å². The minimum absolute atomic E-state index is 0.426. The number of hydrogen-bond acceptors (Lipinski definition) is 8. The van der Waals surface area contributed by atoms with E-state index < -0.39 is 15.2 Å². The number of sulfone groups is 1. The van der Waals surface area contributed by atoms with Crippen LogP contribution in [0.4, 0.5) is 11.6 Å². The maximum Gasteiger partial charge on any atom is 0.169 e. The van der Waals surface area contributed by atoms with Gasteiger partial charge in [-0.05, 0) is 15.9 Å². The second kappa shape index (κ2) is 5.81. The first-order valence-electron chi connectivity index (χ1n) is 5.45. The maximum absolute atomic E-state index is 11.9. The van der Waals surface area contributed by atoms with Crippen molar-refractivity contribution >= 4 is 49.2 Å². The van der Waals surface area contributed by atoms with Gasteiger partial charge < -0.3 is 10.3 Å². The third kappa shape index (κ3) is 3.12. The number of nitrogens with one attached hydrogen (secondary N) is 1. The number of anilines is 2. The fourth-order valence-electron chi connectivity index (χ4n) is 1.84. The molecule has 1 unspecified atom stereocenters. The summed E-state index contributed by atoms with van der Waals surface area (Å²) >= 11 is 4.98. The highest BCUT2D eigenvalue weighted by atomic mass is 79.9. The van der Waals surface area contributed by atoms with Crippen molar-refractivity contribution in [2.45, 2.75) is 5.37 Å². The van der Waals surface area contributed by atoms with Crippen molar-refractivity contribution in [2.75, 3.05) is 34.6 Å². The van der Waals surface area contributed by atoms with E-state index in [1.165, 1.54) is 12.6 Å². The predicted octanol–water partition coefficient (Wildman–Crippen LogP) is 0.449. The number of nitrogens with zero attached hydrogens (tertiary/aromatic N) is 3. The molecular formula is C9H14BrN5O2S2. The Morgan fingerprint density at radius 2 is 2.32 bits per heavy atom. The lowest BCUT2D eigenvalue weighted by molar-refractivity contribution is 0.583. The van der Waals surface area contributed by atoms with E-state index in [4.69, 9.17) is 5.84 Å². The molecule has 0 spiro atoms. The summed E-state index contributed by atoms with van der Waals surface area (Å²) in [6.45, 7) is 0.613. The van der Waals surface area contributed by atoms with Crippen molar-refractivity contribution in [3.05, 3.63) is 10.8 Å². The summed E-state index contributed by atoms with van der Waals surface area (Å²) in [5.41, 5.74) is 2.45. The lowest BCUT2D eigenvalue weighted by Crippen LogP contribution is -2.47. The summed E-state index contributed by atoms with van der Waals surface area (Å²) < 4.78 is 24.3. The minimum Gasteiger partial charge on any atom is -0.337 e. The monoisotopic (exact) mass is 367 g/mol. The van der Waals surface area contributed by atoms with E-state index in [0.29, 0.717) is 28.4 Å². The lowest BCUT2D eigenvalue weighted by Gasteiger charge is -2.35. The summed E-state index contributed by atoms with van der Waals surface area (Å²) in [7, 11) is -3.19. The summed E-state index contributed by atoms with van der Waals surface area (Å²) in [5, 5.41) is -0.580. The number of rotatable bonds is 3. The van der Waals surface area contributed by atoms with Gasteiger partial charge in [-0.15, -0.1) is 0 Å². The van der Waals surface area contributed by atoms with Gasteiger partial charge in [0, 0.05) is 24.3 Å². The van der Waals surface area contributed by atoms with Crippen molar-refractivity contribution in [1.82, 2.24) is 9.97 Å². The molecular weight excluding hydrogens is 354 g/mol. The average molecular weight is 368 g/mol. The van der Waals surface area contributed by atoms with Crippen LogP contribution in [-0.4, -0.2) is 48.1 Å². The van der Waals surface area contributed by atoms with Crippen LogP contribution in [0.25, 0.3) is 0 Å². The number of nitrogens with two attached hydrogens (primary N) is 1. The molecule has 2 rings (SSSR count). The molecule has 1 atom stereocenters. The van der Waals surface area contributed by atoms with E-state index in [0.717, 1.165) is 5.75 Å². The quantitative estimate of drug-likeness (QED) is 0.586. The molecule has 7 nitrogen and oxygen atoms in total.